The lowest BCUT2D eigenvalue weighted by atomic mass is 10.0. The van der Waals surface area contributed by atoms with E-state index in [4.69, 9.17) is 9.47 Å². The molecule has 0 aliphatic carbocycles. The normalized spacial score (nSPS) is 20.2. The van der Waals surface area contributed by atoms with Crippen molar-refractivity contribution in [3.63, 3.8) is 0 Å². The standard InChI is InChI=1S/C16H19N3O3/c1-18-9-17-13-7-19(12(8-20)5-14(13)18)6-11-2-3-15-16(4-11)22-10-21-15/h2-4,9,12,20H,5-8,10H2,1H3. The molecule has 1 atom stereocenters. The number of aryl methyl sites for hydroxylation is 1. The second-order valence-electron chi connectivity index (χ2n) is 5.88. The minimum Gasteiger partial charge on any atom is -0.454 e. The zero-order chi connectivity index (χ0) is 15.1. The van der Waals surface area contributed by atoms with Gasteiger partial charge in [0.15, 0.2) is 11.5 Å². The predicted octanol–water partition coefficient (Wildman–Crippen LogP) is 1.07. The highest BCUT2D eigenvalue weighted by molar-refractivity contribution is 5.44. The molecule has 2 aliphatic rings. The predicted molar refractivity (Wildman–Crippen MR) is 79.6 cm³/mol. The van der Waals surface area contributed by atoms with Gasteiger partial charge < -0.3 is 19.1 Å². The lowest BCUT2D eigenvalue weighted by molar-refractivity contribution is 0.0967. The van der Waals surface area contributed by atoms with Crippen molar-refractivity contribution in [3.05, 3.63) is 41.5 Å². The van der Waals surface area contributed by atoms with Crippen molar-refractivity contribution in [2.75, 3.05) is 13.4 Å². The fraction of sp³-hybridized carbons (Fsp3) is 0.438. The minimum atomic E-state index is 0.119. The average Bonchev–Trinajstić information content (AvgIpc) is 3.13. The number of hydrogen-bond acceptors (Lipinski definition) is 5. The van der Waals surface area contributed by atoms with Gasteiger partial charge in [0, 0.05) is 38.3 Å². The maximum Gasteiger partial charge on any atom is 0.231 e. The van der Waals surface area contributed by atoms with Crippen LogP contribution in [0.1, 0.15) is 17.0 Å². The van der Waals surface area contributed by atoms with Crippen LogP contribution in [0.25, 0.3) is 0 Å². The van der Waals surface area contributed by atoms with Crippen LogP contribution < -0.4 is 9.47 Å². The molecule has 22 heavy (non-hydrogen) atoms. The molecule has 0 saturated heterocycles. The van der Waals surface area contributed by atoms with Crippen molar-refractivity contribution in [2.24, 2.45) is 7.05 Å². The topological polar surface area (TPSA) is 59.8 Å². The molecule has 6 nitrogen and oxygen atoms in total. The van der Waals surface area contributed by atoms with Crippen LogP contribution >= 0.6 is 0 Å². The van der Waals surface area contributed by atoms with Gasteiger partial charge in [0.2, 0.25) is 6.79 Å². The summed E-state index contributed by atoms with van der Waals surface area (Å²) in [5.74, 6) is 1.60. The molecule has 0 spiro atoms. The van der Waals surface area contributed by atoms with Crippen LogP contribution in [0.5, 0.6) is 11.5 Å². The molecular formula is C16H19N3O3. The lowest BCUT2D eigenvalue weighted by Crippen LogP contribution is -2.42. The van der Waals surface area contributed by atoms with Crippen LogP contribution in [0.15, 0.2) is 24.5 Å². The van der Waals surface area contributed by atoms with E-state index in [2.05, 4.69) is 20.5 Å². The molecule has 0 saturated carbocycles. The SMILES string of the molecule is Cn1cnc2c1CC(CO)N(Cc1ccc3c(c1)OCO3)C2. The van der Waals surface area contributed by atoms with Crippen LogP contribution in [-0.4, -0.2) is 39.0 Å². The summed E-state index contributed by atoms with van der Waals surface area (Å²) < 4.78 is 12.8. The highest BCUT2D eigenvalue weighted by Crippen LogP contribution is 2.33. The zero-order valence-electron chi connectivity index (χ0n) is 12.5. The third-order valence-electron chi connectivity index (χ3n) is 4.48. The second-order valence-corrected chi connectivity index (χ2v) is 5.88. The number of benzene rings is 1. The Kier molecular flexibility index (Phi) is 3.28. The molecule has 1 aromatic heterocycles. The molecular weight excluding hydrogens is 282 g/mol. The van der Waals surface area contributed by atoms with Crippen molar-refractivity contribution in [1.82, 2.24) is 14.5 Å². The van der Waals surface area contributed by atoms with Crippen molar-refractivity contribution in [1.29, 1.82) is 0 Å². The first-order valence-corrected chi connectivity index (χ1v) is 7.47. The summed E-state index contributed by atoms with van der Waals surface area (Å²) in [4.78, 5) is 6.74. The second kappa shape index (κ2) is 5.30. The maximum absolute atomic E-state index is 9.73. The maximum atomic E-state index is 9.73. The van der Waals surface area contributed by atoms with Crippen molar-refractivity contribution in [3.8, 4) is 11.5 Å². The van der Waals surface area contributed by atoms with E-state index in [9.17, 15) is 5.11 Å². The van der Waals surface area contributed by atoms with Crippen molar-refractivity contribution >= 4 is 0 Å². The van der Waals surface area contributed by atoms with Gasteiger partial charge in [0.05, 0.1) is 18.6 Å². The number of ether oxygens (including phenoxy) is 2. The molecule has 3 heterocycles. The largest absolute Gasteiger partial charge is 0.454 e. The Morgan fingerprint density at radius 1 is 1.32 bits per heavy atom. The molecule has 1 aromatic carbocycles. The van der Waals surface area contributed by atoms with E-state index in [1.165, 1.54) is 5.69 Å². The van der Waals surface area contributed by atoms with E-state index in [0.717, 1.165) is 42.3 Å². The molecule has 2 aliphatic heterocycles. The molecule has 2 aromatic rings. The average molecular weight is 301 g/mol. The van der Waals surface area contributed by atoms with Gasteiger partial charge in [-0.15, -0.1) is 0 Å². The summed E-state index contributed by atoms with van der Waals surface area (Å²) in [6.07, 6.45) is 2.68. The molecule has 0 radical (unpaired) electrons. The van der Waals surface area contributed by atoms with Crippen LogP contribution in [0.2, 0.25) is 0 Å². The molecule has 1 N–H and O–H groups in total. The van der Waals surface area contributed by atoms with E-state index < -0.39 is 0 Å². The molecule has 0 amide bonds. The van der Waals surface area contributed by atoms with Gasteiger partial charge in [-0.25, -0.2) is 4.98 Å². The van der Waals surface area contributed by atoms with Gasteiger partial charge in [-0.2, -0.15) is 0 Å². The zero-order valence-corrected chi connectivity index (χ0v) is 12.5. The van der Waals surface area contributed by atoms with Crippen LogP contribution in [0.4, 0.5) is 0 Å². The Morgan fingerprint density at radius 3 is 3.05 bits per heavy atom. The quantitative estimate of drug-likeness (QED) is 0.919. The van der Waals surface area contributed by atoms with Gasteiger partial charge in [0.25, 0.3) is 0 Å². The van der Waals surface area contributed by atoms with Crippen LogP contribution in [0.3, 0.4) is 0 Å². The molecule has 1 unspecified atom stereocenters. The molecule has 4 rings (SSSR count). The fourth-order valence-electron chi connectivity index (χ4n) is 3.21. The van der Waals surface area contributed by atoms with Gasteiger partial charge in [-0.05, 0) is 17.7 Å². The first-order chi connectivity index (χ1) is 10.7. The lowest BCUT2D eigenvalue weighted by Gasteiger charge is -2.34. The highest BCUT2D eigenvalue weighted by Gasteiger charge is 2.28. The summed E-state index contributed by atoms with van der Waals surface area (Å²) in [6.45, 7) is 1.96. The van der Waals surface area contributed by atoms with Crippen molar-refractivity contribution < 1.29 is 14.6 Å². The van der Waals surface area contributed by atoms with Crippen molar-refractivity contribution in [2.45, 2.75) is 25.6 Å². The monoisotopic (exact) mass is 301 g/mol. The Morgan fingerprint density at radius 2 is 2.18 bits per heavy atom. The van der Waals surface area contributed by atoms with Gasteiger partial charge >= 0.3 is 0 Å². The third-order valence-corrected chi connectivity index (χ3v) is 4.48. The Balaban J connectivity index is 1.57. The first kappa shape index (κ1) is 13.6. The Bertz CT molecular complexity index is 698. The number of hydrogen-bond donors (Lipinski definition) is 1. The summed E-state index contributed by atoms with van der Waals surface area (Å²) >= 11 is 0. The van der Waals surface area contributed by atoms with Gasteiger partial charge in [-0.1, -0.05) is 6.07 Å². The summed E-state index contributed by atoms with van der Waals surface area (Å²) in [7, 11) is 2.01. The molecule has 6 heteroatoms. The van der Waals surface area contributed by atoms with E-state index in [1.54, 1.807) is 0 Å². The summed E-state index contributed by atoms with van der Waals surface area (Å²) in [5.41, 5.74) is 3.48. The number of imidazole rings is 1. The van der Waals surface area contributed by atoms with Crippen LogP contribution in [0, 0.1) is 0 Å². The first-order valence-electron chi connectivity index (χ1n) is 7.47. The number of rotatable bonds is 3. The van der Waals surface area contributed by atoms with Crippen LogP contribution in [-0.2, 0) is 26.6 Å². The number of aliphatic hydroxyl groups is 1. The van der Waals surface area contributed by atoms with Gasteiger partial charge in [0.1, 0.15) is 0 Å². The number of aromatic nitrogens is 2. The Hall–Kier alpha value is -2.05. The van der Waals surface area contributed by atoms with E-state index >= 15 is 0 Å². The smallest absolute Gasteiger partial charge is 0.231 e. The third kappa shape index (κ3) is 2.24. The van der Waals surface area contributed by atoms with E-state index in [0.29, 0.717) is 6.79 Å². The Labute approximate surface area is 128 Å². The molecule has 0 fully saturated rings. The van der Waals surface area contributed by atoms with E-state index in [-0.39, 0.29) is 12.6 Å². The fourth-order valence-corrected chi connectivity index (χ4v) is 3.21. The highest BCUT2D eigenvalue weighted by atomic mass is 16.7. The van der Waals surface area contributed by atoms with Gasteiger partial charge in [-0.3, -0.25) is 4.90 Å². The summed E-state index contributed by atoms with van der Waals surface area (Å²) in [5, 5.41) is 9.73. The molecule has 0 bridgehead atoms. The number of fused-ring (bicyclic) bond motifs is 2. The number of aliphatic hydroxyl groups excluding tert-OH is 1. The van der Waals surface area contributed by atoms with E-state index in [1.807, 2.05) is 25.5 Å². The minimum absolute atomic E-state index is 0.119. The summed E-state index contributed by atoms with van der Waals surface area (Å²) in [6, 6.07) is 6.14. The number of nitrogens with zero attached hydrogens (tertiary/aromatic N) is 3. The molecule has 116 valence electrons.